The molecule has 0 aromatic carbocycles. The Kier molecular flexibility index (Phi) is 5.55. The quantitative estimate of drug-likeness (QED) is 0.713. The molecule has 0 spiro atoms. The number of ether oxygens (including phenoxy) is 2. The Morgan fingerprint density at radius 2 is 1.94 bits per heavy atom. The fraction of sp³-hybridized carbons (Fsp3) is 0.652. The summed E-state index contributed by atoms with van der Waals surface area (Å²) >= 11 is 0. The molecule has 0 bridgehead atoms. The van der Waals surface area contributed by atoms with Gasteiger partial charge in [0, 0.05) is 48.5 Å². The van der Waals surface area contributed by atoms with Crippen molar-refractivity contribution in [1.29, 1.82) is 0 Å². The smallest absolute Gasteiger partial charge is 0.402 e. The molecular formula is C23H30F3N5O2. The summed E-state index contributed by atoms with van der Waals surface area (Å²) in [7, 11) is 0. The maximum absolute atomic E-state index is 12.7. The van der Waals surface area contributed by atoms with E-state index in [2.05, 4.69) is 35.4 Å². The third-order valence-electron chi connectivity index (χ3n) is 7.21. The van der Waals surface area contributed by atoms with Crippen molar-refractivity contribution in [1.82, 2.24) is 19.7 Å². The molecule has 2 aromatic rings. The molecule has 3 aliphatic rings. The van der Waals surface area contributed by atoms with Crippen LogP contribution in [-0.2, 0) is 4.74 Å². The van der Waals surface area contributed by atoms with Crippen molar-refractivity contribution in [3.63, 3.8) is 0 Å². The number of nitrogens with zero attached hydrogens (tertiary/aromatic N) is 4. The van der Waals surface area contributed by atoms with E-state index in [9.17, 15) is 13.2 Å². The number of nitrogen functional groups attached to an aromatic ring is 1. The van der Waals surface area contributed by atoms with E-state index in [1.807, 2.05) is 10.7 Å². The van der Waals surface area contributed by atoms with E-state index in [1.165, 1.54) is 25.1 Å². The Balaban J connectivity index is 1.35. The highest BCUT2D eigenvalue weighted by Gasteiger charge is 2.58. The SMILES string of the molecule is CC(C)n1nc(-c2cnc(N)c(OC(F)(F)F)c2)cc1[C@H]1[C@@H]2CC(N3CCO[C@@H](C)C3)C[C@@H]21. The summed E-state index contributed by atoms with van der Waals surface area (Å²) in [5.41, 5.74) is 7.78. The molecule has 2 aliphatic carbocycles. The molecule has 5 rings (SSSR count). The van der Waals surface area contributed by atoms with Gasteiger partial charge in [0.1, 0.15) is 0 Å². The van der Waals surface area contributed by atoms with Crippen LogP contribution in [0.3, 0.4) is 0 Å². The summed E-state index contributed by atoms with van der Waals surface area (Å²) in [5, 5.41) is 4.73. The monoisotopic (exact) mass is 465 g/mol. The number of anilines is 1. The zero-order valence-corrected chi connectivity index (χ0v) is 19.0. The van der Waals surface area contributed by atoms with Gasteiger partial charge >= 0.3 is 6.36 Å². The van der Waals surface area contributed by atoms with Crippen molar-refractivity contribution in [3.05, 3.63) is 24.0 Å². The zero-order chi connectivity index (χ0) is 23.5. The van der Waals surface area contributed by atoms with Gasteiger partial charge in [-0.15, -0.1) is 13.2 Å². The Bertz CT molecular complexity index is 1010. The van der Waals surface area contributed by atoms with Crippen LogP contribution in [0.25, 0.3) is 11.3 Å². The second kappa shape index (κ2) is 8.16. The van der Waals surface area contributed by atoms with Crippen LogP contribution in [0.4, 0.5) is 19.0 Å². The van der Waals surface area contributed by atoms with E-state index < -0.39 is 12.1 Å². The molecule has 1 saturated heterocycles. The van der Waals surface area contributed by atoms with Crippen LogP contribution in [0, 0.1) is 11.8 Å². The van der Waals surface area contributed by atoms with E-state index >= 15 is 0 Å². The fourth-order valence-electron chi connectivity index (χ4n) is 5.74. The van der Waals surface area contributed by atoms with Gasteiger partial charge in [-0.25, -0.2) is 4.98 Å². The van der Waals surface area contributed by atoms with Gasteiger partial charge in [-0.05, 0) is 57.6 Å². The minimum Gasteiger partial charge on any atom is -0.402 e. The summed E-state index contributed by atoms with van der Waals surface area (Å²) in [4.78, 5) is 6.47. The van der Waals surface area contributed by atoms with Gasteiger partial charge in [0.2, 0.25) is 0 Å². The Labute approximate surface area is 191 Å². The van der Waals surface area contributed by atoms with Gasteiger partial charge in [0.25, 0.3) is 0 Å². The predicted molar refractivity (Wildman–Crippen MR) is 117 cm³/mol. The highest BCUT2D eigenvalue weighted by Crippen LogP contribution is 2.64. The molecule has 0 amide bonds. The Morgan fingerprint density at radius 1 is 1.21 bits per heavy atom. The van der Waals surface area contributed by atoms with Gasteiger partial charge in [0.15, 0.2) is 11.6 Å². The van der Waals surface area contributed by atoms with E-state index in [0.29, 0.717) is 35.1 Å². The molecule has 1 aliphatic heterocycles. The van der Waals surface area contributed by atoms with Crippen molar-refractivity contribution in [2.45, 2.75) is 64.1 Å². The second-order valence-electron chi connectivity index (χ2n) is 9.80. The van der Waals surface area contributed by atoms with Gasteiger partial charge in [-0.2, -0.15) is 5.10 Å². The van der Waals surface area contributed by atoms with Crippen LogP contribution >= 0.6 is 0 Å². The molecule has 3 fully saturated rings. The lowest BCUT2D eigenvalue weighted by molar-refractivity contribution is -0.274. The molecule has 5 atom stereocenters. The van der Waals surface area contributed by atoms with Crippen molar-refractivity contribution < 1.29 is 22.6 Å². The molecule has 7 nitrogen and oxygen atoms in total. The molecule has 1 unspecified atom stereocenters. The van der Waals surface area contributed by atoms with Crippen LogP contribution in [0.2, 0.25) is 0 Å². The molecule has 2 aromatic heterocycles. The maximum atomic E-state index is 12.7. The number of aromatic nitrogens is 3. The third-order valence-corrected chi connectivity index (χ3v) is 7.21. The first kappa shape index (κ1) is 22.5. The molecule has 2 N–H and O–H groups in total. The molecule has 10 heteroatoms. The Hall–Kier alpha value is -2.33. The minimum atomic E-state index is -4.84. The number of fused-ring (bicyclic) bond motifs is 1. The molecule has 33 heavy (non-hydrogen) atoms. The number of morpholine rings is 1. The van der Waals surface area contributed by atoms with Gasteiger partial charge < -0.3 is 15.2 Å². The highest BCUT2D eigenvalue weighted by atomic mass is 19.4. The lowest BCUT2D eigenvalue weighted by Gasteiger charge is -2.36. The first-order valence-electron chi connectivity index (χ1n) is 11.6. The van der Waals surface area contributed by atoms with E-state index in [4.69, 9.17) is 15.6 Å². The largest absolute Gasteiger partial charge is 0.573 e. The summed E-state index contributed by atoms with van der Waals surface area (Å²) in [6.07, 6.45) is -0.756. The second-order valence-corrected chi connectivity index (χ2v) is 9.80. The number of hydrogen-bond acceptors (Lipinski definition) is 6. The average Bonchev–Trinajstić information content (AvgIpc) is 3.09. The number of hydrogen-bond donors (Lipinski definition) is 1. The van der Waals surface area contributed by atoms with Crippen LogP contribution in [0.15, 0.2) is 18.3 Å². The van der Waals surface area contributed by atoms with Gasteiger partial charge in [0.05, 0.1) is 18.4 Å². The summed E-state index contributed by atoms with van der Waals surface area (Å²) < 4.78 is 49.9. The van der Waals surface area contributed by atoms with Gasteiger partial charge in [-0.3, -0.25) is 9.58 Å². The average molecular weight is 466 g/mol. The van der Waals surface area contributed by atoms with Crippen molar-refractivity contribution in [2.24, 2.45) is 11.8 Å². The van der Waals surface area contributed by atoms with Crippen LogP contribution < -0.4 is 10.5 Å². The Morgan fingerprint density at radius 3 is 2.58 bits per heavy atom. The number of nitrogens with two attached hydrogens (primary N) is 1. The number of halogens is 3. The van der Waals surface area contributed by atoms with Crippen molar-refractivity contribution >= 4 is 5.82 Å². The topological polar surface area (TPSA) is 78.4 Å². The lowest BCUT2D eigenvalue weighted by atomic mass is 10.0. The van der Waals surface area contributed by atoms with Crippen LogP contribution in [0.5, 0.6) is 5.75 Å². The van der Waals surface area contributed by atoms with E-state index in [-0.39, 0.29) is 18.0 Å². The molecule has 2 saturated carbocycles. The summed E-state index contributed by atoms with van der Waals surface area (Å²) in [5.74, 6) is 0.884. The normalized spacial score (nSPS) is 30.0. The molecule has 0 radical (unpaired) electrons. The lowest BCUT2D eigenvalue weighted by Crippen LogP contribution is -2.46. The van der Waals surface area contributed by atoms with E-state index in [1.54, 1.807) is 0 Å². The predicted octanol–water partition coefficient (Wildman–Crippen LogP) is 4.22. The third kappa shape index (κ3) is 4.42. The van der Waals surface area contributed by atoms with E-state index in [0.717, 1.165) is 25.4 Å². The zero-order valence-electron chi connectivity index (χ0n) is 19.0. The standard InChI is InChI=1S/C23H30F3N5O2/c1-12(2)31-19(21-16-7-15(8-17(16)21)30-4-5-32-13(3)11-30)9-18(29-31)14-6-20(22(27)28-10-14)33-23(24,25)26/h6,9-10,12-13,15-17,21H,4-5,7-8,11H2,1-3H3,(H2,27,28)/t13-,15?,16-,17+,21+/m0/s1. The van der Waals surface area contributed by atoms with Crippen molar-refractivity contribution in [2.75, 3.05) is 25.4 Å². The maximum Gasteiger partial charge on any atom is 0.573 e. The first-order chi connectivity index (χ1) is 15.6. The number of pyridine rings is 1. The first-order valence-corrected chi connectivity index (χ1v) is 11.6. The fourth-order valence-corrected chi connectivity index (χ4v) is 5.74. The van der Waals surface area contributed by atoms with Gasteiger partial charge in [-0.1, -0.05) is 0 Å². The molecule has 3 heterocycles. The summed E-state index contributed by atoms with van der Waals surface area (Å²) in [6, 6.07) is 4.01. The summed E-state index contributed by atoms with van der Waals surface area (Å²) in [6.45, 7) is 9.06. The molecular weight excluding hydrogens is 435 g/mol. The highest BCUT2D eigenvalue weighted by molar-refractivity contribution is 5.64. The molecule has 180 valence electrons. The number of rotatable bonds is 5. The van der Waals surface area contributed by atoms with Crippen molar-refractivity contribution in [3.8, 4) is 17.0 Å². The van der Waals surface area contributed by atoms with Crippen LogP contribution in [0.1, 0.15) is 51.3 Å². The minimum absolute atomic E-state index is 0.138. The van der Waals surface area contributed by atoms with Crippen LogP contribution in [-0.4, -0.2) is 57.9 Å². The number of alkyl halides is 3.